The Morgan fingerprint density at radius 1 is 1.45 bits per heavy atom. The zero-order valence-electron chi connectivity index (χ0n) is 12.3. The summed E-state index contributed by atoms with van der Waals surface area (Å²) < 4.78 is 11.3. The number of nitrogens with zero attached hydrogens (tertiary/aromatic N) is 3. The van der Waals surface area contributed by atoms with Gasteiger partial charge in [0.25, 0.3) is 0 Å². The molecule has 0 aromatic carbocycles. The van der Waals surface area contributed by atoms with Gasteiger partial charge in [-0.1, -0.05) is 19.0 Å². The molecule has 0 aliphatic carbocycles. The highest BCUT2D eigenvalue weighted by atomic mass is 16.5. The van der Waals surface area contributed by atoms with Crippen molar-refractivity contribution < 1.29 is 9.26 Å². The number of hydrogen-bond acceptors (Lipinski definition) is 6. The molecule has 3 atom stereocenters. The molecule has 0 amide bonds. The molecule has 2 fully saturated rings. The van der Waals surface area contributed by atoms with E-state index in [2.05, 4.69) is 34.2 Å². The van der Waals surface area contributed by atoms with Gasteiger partial charge < -0.3 is 14.6 Å². The van der Waals surface area contributed by atoms with Crippen LogP contribution >= 0.6 is 0 Å². The molecular formula is C14H24N4O2. The molecule has 3 rings (SSSR count). The number of piperidine rings is 1. The lowest BCUT2D eigenvalue weighted by Gasteiger charge is -2.30. The SMILES string of the molecule is CCN1CCOC(c2noc(C3NCCCC3C)n2)C1. The van der Waals surface area contributed by atoms with Crippen LogP contribution in [0.4, 0.5) is 0 Å². The monoisotopic (exact) mass is 280 g/mol. The predicted octanol–water partition coefficient (Wildman–Crippen LogP) is 1.52. The third-order valence-electron chi connectivity index (χ3n) is 4.38. The maximum absolute atomic E-state index is 5.78. The summed E-state index contributed by atoms with van der Waals surface area (Å²) >= 11 is 0. The molecule has 112 valence electrons. The van der Waals surface area contributed by atoms with E-state index in [4.69, 9.17) is 9.26 Å². The van der Waals surface area contributed by atoms with Crippen LogP contribution in [0.25, 0.3) is 0 Å². The molecule has 0 spiro atoms. The van der Waals surface area contributed by atoms with E-state index in [1.807, 2.05) is 0 Å². The lowest BCUT2D eigenvalue weighted by Crippen LogP contribution is -2.38. The van der Waals surface area contributed by atoms with Crippen LogP contribution < -0.4 is 5.32 Å². The second kappa shape index (κ2) is 6.20. The molecule has 1 aromatic rings. The normalized spacial score (nSPS) is 32.4. The number of nitrogens with one attached hydrogen (secondary N) is 1. The third kappa shape index (κ3) is 2.87. The van der Waals surface area contributed by atoms with E-state index < -0.39 is 0 Å². The molecule has 3 unspecified atom stereocenters. The summed E-state index contributed by atoms with van der Waals surface area (Å²) in [7, 11) is 0. The number of aromatic nitrogens is 2. The summed E-state index contributed by atoms with van der Waals surface area (Å²) in [5, 5.41) is 7.61. The van der Waals surface area contributed by atoms with Crippen LogP contribution in [0.3, 0.4) is 0 Å². The highest BCUT2D eigenvalue weighted by molar-refractivity contribution is 5.00. The Kier molecular flexibility index (Phi) is 4.33. The van der Waals surface area contributed by atoms with Crippen molar-refractivity contribution in [3.63, 3.8) is 0 Å². The topological polar surface area (TPSA) is 63.4 Å². The minimum absolute atomic E-state index is 0.0555. The fourth-order valence-corrected chi connectivity index (χ4v) is 3.03. The summed E-state index contributed by atoms with van der Waals surface area (Å²) in [6.45, 7) is 9.03. The van der Waals surface area contributed by atoms with Crippen molar-refractivity contribution in [1.29, 1.82) is 0 Å². The lowest BCUT2D eigenvalue weighted by molar-refractivity contribution is -0.0334. The summed E-state index contributed by atoms with van der Waals surface area (Å²) in [6.07, 6.45) is 2.37. The van der Waals surface area contributed by atoms with Gasteiger partial charge in [-0.3, -0.25) is 4.90 Å². The second-order valence-corrected chi connectivity index (χ2v) is 5.79. The van der Waals surface area contributed by atoms with Crippen LogP contribution in [0.15, 0.2) is 4.52 Å². The number of rotatable bonds is 3. The Labute approximate surface area is 119 Å². The molecule has 3 heterocycles. The number of ether oxygens (including phenoxy) is 1. The van der Waals surface area contributed by atoms with Gasteiger partial charge in [0.15, 0.2) is 0 Å². The van der Waals surface area contributed by atoms with Crippen LogP contribution in [0.2, 0.25) is 0 Å². The van der Waals surface area contributed by atoms with Gasteiger partial charge in [-0.15, -0.1) is 0 Å². The van der Waals surface area contributed by atoms with Gasteiger partial charge in [0.05, 0.1) is 12.6 Å². The second-order valence-electron chi connectivity index (χ2n) is 5.79. The average Bonchev–Trinajstić information content (AvgIpc) is 2.97. The zero-order valence-corrected chi connectivity index (χ0v) is 12.3. The molecule has 0 radical (unpaired) electrons. The average molecular weight is 280 g/mol. The van der Waals surface area contributed by atoms with E-state index in [9.17, 15) is 0 Å². The molecule has 0 saturated carbocycles. The Balaban J connectivity index is 1.69. The van der Waals surface area contributed by atoms with Gasteiger partial charge in [0, 0.05) is 13.1 Å². The minimum atomic E-state index is -0.0555. The van der Waals surface area contributed by atoms with E-state index in [1.165, 1.54) is 12.8 Å². The fraction of sp³-hybridized carbons (Fsp3) is 0.857. The van der Waals surface area contributed by atoms with Crippen molar-refractivity contribution >= 4 is 0 Å². The van der Waals surface area contributed by atoms with Gasteiger partial charge in [0.1, 0.15) is 6.10 Å². The lowest BCUT2D eigenvalue weighted by atomic mass is 9.93. The molecule has 2 aliphatic heterocycles. The summed E-state index contributed by atoms with van der Waals surface area (Å²) in [5.74, 6) is 1.94. The Morgan fingerprint density at radius 3 is 3.15 bits per heavy atom. The Hall–Kier alpha value is -0.980. The molecular weight excluding hydrogens is 256 g/mol. The Morgan fingerprint density at radius 2 is 2.35 bits per heavy atom. The number of morpholine rings is 1. The largest absolute Gasteiger partial charge is 0.367 e. The van der Waals surface area contributed by atoms with Crippen LogP contribution in [0.1, 0.15) is 50.6 Å². The summed E-state index contributed by atoms with van der Waals surface area (Å²) in [6, 6.07) is 0.191. The molecule has 1 N–H and O–H groups in total. The van der Waals surface area contributed by atoms with Crippen molar-refractivity contribution in [1.82, 2.24) is 20.4 Å². The zero-order chi connectivity index (χ0) is 13.9. The standard InChI is InChI=1S/C14H24N4O2/c1-3-18-7-8-19-11(9-18)13-16-14(20-17-13)12-10(2)5-4-6-15-12/h10-12,15H,3-9H2,1-2H3. The van der Waals surface area contributed by atoms with Gasteiger partial charge in [-0.2, -0.15) is 4.98 Å². The first kappa shape index (κ1) is 14.0. The minimum Gasteiger partial charge on any atom is -0.367 e. The van der Waals surface area contributed by atoms with E-state index in [0.29, 0.717) is 17.6 Å². The molecule has 0 bridgehead atoms. The molecule has 1 aromatic heterocycles. The highest BCUT2D eigenvalue weighted by Gasteiger charge is 2.30. The first-order valence-electron chi connectivity index (χ1n) is 7.68. The van der Waals surface area contributed by atoms with Gasteiger partial charge in [-0.05, 0) is 31.8 Å². The van der Waals surface area contributed by atoms with Gasteiger partial charge >= 0.3 is 0 Å². The summed E-state index contributed by atoms with van der Waals surface area (Å²) in [4.78, 5) is 6.94. The van der Waals surface area contributed by atoms with E-state index in [-0.39, 0.29) is 12.1 Å². The summed E-state index contributed by atoms with van der Waals surface area (Å²) in [5.41, 5.74) is 0. The first-order valence-corrected chi connectivity index (χ1v) is 7.68. The van der Waals surface area contributed by atoms with Gasteiger partial charge in [-0.25, -0.2) is 0 Å². The van der Waals surface area contributed by atoms with Crippen LogP contribution in [-0.2, 0) is 4.74 Å². The molecule has 2 aliphatic rings. The van der Waals surface area contributed by atoms with Crippen molar-refractivity contribution in [2.75, 3.05) is 32.8 Å². The van der Waals surface area contributed by atoms with E-state index in [0.717, 1.165) is 32.8 Å². The van der Waals surface area contributed by atoms with Crippen LogP contribution in [0.5, 0.6) is 0 Å². The van der Waals surface area contributed by atoms with Crippen LogP contribution in [-0.4, -0.2) is 47.8 Å². The Bertz CT molecular complexity index is 437. The van der Waals surface area contributed by atoms with E-state index in [1.54, 1.807) is 0 Å². The van der Waals surface area contributed by atoms with Crippen molar-refractivity contribution in [2.24, 2.45) is 5.92 Å². The maximum atomic E-state index is 5.78. The molecule has 2 saturated heterocycles. The van der Waals surface area contributed by atoms with Crippen molar-refractivity contribution in [2.45, 2.75) is 38.8 Å². The number of likely N-dealkylation sites (N-methyl/N-ethyl adjacent to an activating group) is 1. The highest BCUT2D eigenvalue weighted by Crippen LogP contribution is 2.29. The van der Waals surface area contributed by atoms with Gasteiger partial charge in [0.2, 0.25) is 11.7 Å². The molecule has 20 heavy (non-hydrogen) atoms. The van der Waals surface area contributed by atoms with E-state index >= 15 is 0 Å². The van der Waals surface area contributed by atoms with Crippen molar-refractivity contribution in [3.8, 4) is 0 Å². The predicted molar refractivity (Wildman–Crippen MR) is 74.2 cm³/mol. The molecule has 6 heteroatoms. The molecule has 6 nitrogen and oxygen atoms in total. The first-order chi connectivity index (χ1) is 9.78. The van der Waals surface area contributed by atoms with Crippen molar-refractivity contribution in [3.05, 3.63) is 11.7 Å². The third-order valence-corrected chi connectivity index (χ3v) is 4.38. The smallest absolute Gasteiger partial charge is 0.244 e. The fourth-order valence-electron chi connectivity index (χ4n) is 3.03. The number of hydrogen-bond donors (Lipinski definition) is 1. The quantitative estimate of drug-likeness (QED) is 0.906. The maximum Gasteiger partial charge on any atom is 0.244 e. The van der Waals surface area contributed by atoms with Crippen LogP contribution in [0, 0.1) is 5.92 Å².